The molecule has 2 aliphatic rings. The zero-order valence-electron chi connectivity index (χ0n) is 17.9. The first-order valence-corrected chi connectivity index (χ1v) is 11.5. The molecule has 2 fully saturated rings. The molecule has 2 aliphatic heterocycles. The molecule has 2 aromatic carbocycles. The molecule has 0 radical (unpaired) electrons. The summed E-state index contributed by atoms with van der Waals surface area (Å²) in [5.41, 5.74) is 5.07. The Morgan fingerprint density at radius 2 is 1.81 bits per heavy atom. The monoisotopic (exact) mass is 411 g/mol. The first-order valence-electron chi connectivity index (χ1n) is 11.5. The number of likely N-dealkylation sites (tertiary alicyclic amines) is 1. The van der Waals surface area contributed by atoms with Crippen LogP contribution in [0.5, 0.6) is 0 Å². The minimum Gasteiger partial charge on any atom is -0.361 e. The molecule has 6 rings (SSSR count). The topological polar surface area (TPSA) is 48.1 Å². The average Bonchev–Trinajstić information content (AvgIpc) is 3.27. The zero-order chi connectivity index (χ0) is 20.7. The molecule has 4 aromatic rings. The van der Waals surface area contributed by atoms with Crippen LogP contribution in [0, 0.1) is 5.41 Å². The highest BCUT2D eigenvalue weighted by Gasteiger charge is 2.38. The van der Waals surface area contributed by atoms with Crippen molar-refractivity contribution in [3.05, 3.63) is 66.5 Å². The Morgan fingerprint density at radius 3 is 2.71 bits per heavy atom. The number of H-pyrrole nitrogens is 1. The normalized spacial score (nSPS) is 19.4. The molecule has 158 valence electrons. The molecule has 0 unspecified atom stereocenters. The molecule has 0 bridgehead atoms. The second-order valence-electron chi connectivity index (χ2n) is 9.42. The minimum absolute atomic E-state index is 0.456. The van der Waals surface area contributed by atoms with E-state index in [0.717, 1.165) is 36.5 Å². The van der Waals surface area contributed by atoms with E-state index in [4.69, 9.17) is 4.98 Å². The smallest absolute Gasteiger partial charge is 0.147 e. The molecule has 4 heterocycles. The van der Waals surface area contributed by atoms with E-state index in [9.17, 15) is 0 Å². The summed E-state index contributed by atoms with van der Waals surface area (Å²) in [7, 11) is 0. The summed E-state index contributed by atoms with van der Waals surface area (Å²) in [4.78, 5) is 17.9. The molecular weight excluding hydrogens is 382 g/mol. The number of fused-ring (bicyclic) bond motifs is 2. The Hall–Kier alpha value is -2.92. The van der Waals surface area contributed by atoms with Crippen LogP contribution in [0.2, 0.25) is 0 Å². The molecule has 0 saturated carbocycles. The number of aromatic amines is 1. The lowest BCUT2D eigenvalue weighted by Crippen LogP contribution is -2.49. The summed E-state index contributed by atoms with van der Waals surface area (Å²) in [5.74, 6) is 1.03. The van der Waals surface area contributed by atoms with Gasteiger partial charge in [-0.25, -0.2) is 4.98 Å². The van der Waals surface area contributed by atoms with Gasteiger partial charge in [-0.1, -0.05) is 18.2 Å². The average molecular weight is 412 g/mol. The van der Waals surface area contributed by atoms with E-state index in [1.54, 1.807) is 0 Å². The predicted octanol–water partition coefficient (Wildman–Crippen LogP) is 4.99. The van der Waals surface area contributed by atoms with Gasteiger partial charge in [0.25, 0.3) is 0 Å². The molecule has 2 saturated heterocycles. The summed E-state index contributed by atoms with van der Waals surface area (Å²) in [6.45, 7) is 5.65. The van der Waals surface area contributed by atoms with Crippen LogP contribution in [0.4, 0.5) is 5.82 Å². The van der Waals surface area contributed by atoms with Gasteiger partial charge in [0.15, 0.2) is 0 Å². The van der Waals surface area contributed by atoms with Crippen molar-refractivity contribution in [2.75, 3.05) is 31.1 Å². The van der Waals surface area contributed by atoms with Crippen LogP contribution in [0.1, 0.15) is 31.2 Å². The molecule has 5 heteroatoms. The van der Waals surface area contributed by atoms with Gasteiger partial charge in [-0.15, -0.1) is 0 Å². The van der Waals surface area contributed by atoms with E-state index >= 15 is 0 Å². The highest BCUT2D eigenvalue weighted by atomic mass is 15.2. The largest absolute Gasteiger partial charge is 0.361 e. The first-order chi connectivity index (χ1) is 15.3. The third-order valence-corrected chi connectivity index (χ3v) is 7.35. The van der Waals surface area contributed by atoms with E-state index in [1.807, 2.05) is 30.6 Å². The number of para-hydroxylation sites is 2. The molecule has 2 aromatic heterocycles. The number of hydrogen-bond donors (Lipinski definition) is 1. The first kappa shape index (κ1) is 18.8. The van der Waals surface area contributed by atoms with Crippen LogP contribution < -0.4 is 4.90 Å². The molecule has 0 atom stereocenters. The van der Waals surface area contributed by atoms with Gasteiger partial charge in [-0.05, 0) is 78.9 Å². The van der Waals surface area contributed by atoms with Crippen molar-refractivity contribution in [3.63, 3.8) is 0 Å². The quantitative estimate of drug-likeness (QED) is 0.516. The highest BCUT2D eigenvalue weighted by molar-refractivity contribution is 5.80. The number of anilines is 1. The fourth-order valence-corrected chi connectivity index (χ4v) is 5.62. The van der Waals surface area contributed by atoms with Crippen LogP contribution >= 0.6 is 0 Å². The van der Waals surface area contributed by atoms with Gasteiger partial charge in [0.1, 0.15) is 5.82 Å². The van der Waals surface area contributed by atoms with Gasteiger partial charge in [0, 0.05) is 37.9 Å². The van der Waals surface area contributed by atoms with Crippen LogP contribution in [-0.4, -0.2) is 46.0 Å². The maximum absolute atomic E-state index is 4.87. The highest BCUT2D eigenvalue weighted by Crippen LogP contribution is 2.41. The van der Waals surface area contributed by atoms with Gasteiger partial charge >= 0.3 is 0 Å². The summed E-state index contributed by atoms with van der Waals surface area (Å²) in [6, 6.07) is 17.1. The maximum atomic E-state index is 4.87. The van der Waals surface area contributed by atoms with Crippen LogP contribution in [0.3, 0.4) is 0 Å². The number of rotatable bonds is 3. The molecule has 0 aliphatic carbocycles. The van der Waals surface area contributed by atoms with Gasteiger partial charge in [0.2, 0.25) is 0 Å². The lowest BCUT2D eigenvalue weighted by molar-refractivity contribution is 0.0605. The second kappa shape index (κ2) is 7.65. The SMILES string of the molecule is c1ccc2nc(N3CCC4(CCCN(Cc5ccc6[nH]ccc6c5)C4)CC3)cnc2c1. The van der Waals surface area contributed by atoms with Gasteiger partial charge < -0.3 is 9.88 Å². The Balaban J connectivity index is 1.13. The van der Waals surface area contributed by atoms with Crippen molar-refractivity contribution in [2.24, 2.45) is 5.41 Å². The Kier molecular flexibility index (Phi) is 4.64. The Morgan fingerprint density at radius 1 is 0.935 bits per heavy atom. The minimum atomic E-state index is 0.456. The van der Waals surface area contributed by atoms with E-state index in [-0.39, 0.29) is 0 Å². The van der Waals surface area contributed by atoms with Crippen molar-refractivity contribution < 1.29 is 0 Å². The third-order valence-electron chi connectivity index (χ3n) is 7.35. The zero-order valence-corrected chi connectivity index (χ0v) is 17.9. The van der Waals surface area contributed by atoms with Crippen LogP contribution in [0.25, 0.3) is 21.9 Å². The number of hydrogen-bond acceptors (Lipinski definition) is 4. The van der Waals surface area contributed by atoms with Gasteiger partial charge in [-0.2, -0.15) is 0 Å². The molecule has 5 nitrogen and oxygen atoms in total. The number of nitrogens with zero attached hydrogens (tertiary/aromatic N) is 4. The van der Waals surface area contributed by atoms with Crippen molar-refractivity contribution in [3.8, 4) is 0 Å². The van der Waals surface area contributed by atoms with Crippen molar-refractivity contribution in [1.29, 1.82) is 0 Å². The Labute approximate surface area is 183 Å². The van der Waals surface area contributed by atoms with Gasteiger partial charge in [0.05, 0.1) is 17.2 Å². The summed E-state index contributed by atoms with van der Waals surface area (Å²) in [5, 5.41) is 1.31. The number of benzene rings is 2. The Bertz CT molecular complexity index is 1200. The van der Waals surface area contributed by atoms with Crippen LogP contribution in [0.15, 0.2) is 60.9 Å². The molecule has 31 heavy (non-hydrogen) atoms. The van der Waals surface area contributed by atoms with E-state index in [2.05, 4.69) is 50.1 Å². The lowest BCUT2D eigenvalue weighted by Gasteiger charge is -2.48. The lowest BCUT2D eigenvalue weighted by atomic mass is 9.72. The predicted molar refractivity (Wildman–Crippen MR) is 126 cm³/mol. The van der Waals surface area contributed by atoms with Crippen molar-refractivity contribution in [2.45, 2.75) is 32.2 Å². The van der Waals surface area contributed by atoms with Crippen molar-refractivity contribution in [1.82, 2.24) is 19.9 Å². The molecule has 0 amide bonds. The number of piperidine rings is 2. The summed E-state index contributed by atoms with van der Waals surface area (Å²) >= 11 is 0. The fraction of sp³-hybridized carbons (Fsp3) is 0.385. The van der Waals surface area contributed by atoms with E-state index in [1.165, 1.54) is 55.2 Å². The van der Waals surface area contributed by atoms with E-state index < -0.39 is 0 Å². The standard InChI is InChI=1S/C26H29N5/c1-2-5-24-23(4-1)28-17-25(29-24)31-14-10-26(11-15-31)9-3-13-30(19-26)18-20-6-7-22-21(16-20)8-12-27-22/h1-2,4-8,12,16-17,27H,3,9-11,13-15,18-19H2. The van der Waals surface area contributed by atoms with Gasteiger partial charge in [-0.3, -0.25) is 9.88 Å². The molecular formula is C26H29N5. The number of aromatic nitrogens is 3. The molecule has 1 N–H and O–H groups in total. The third kappa shape index (κ3) is 3.68. The van der Waals surface area contributed by atoms with Crippen molar-refractivity contribution >= 4 is 27.8 Å². The number of nitrogens with one attached hydrogen (secondary N) is 1. The van der Waals surface area contributed by atoms with E-state index in [0.29, 0.717) is 5.41 Å². The summed E-state index contributed by atoms with van der Waals surface area (Å²) < 4.78 is 0. The fourth-order valence-electron chi connectivity index (χ4n) is 5.62. The second-order valence-corrected chi connectivity index (χ2v) is 9.42. The maximum Gasteiger partial charge on any atom is 0.147 e. The summed E-state index contributed by atoms with van der Waals surface area (Å²) in [6.07, 6.45) is 9.13. The molecule has 1 spiro atoms. The van der Waals surface area contributed by atoms with Crippen LogP contribution in [-0.2, 0) is 6.54 Å².